The summed E-state index contributed by atoms with van der Waals surface area (Å²) in [6, 6.07) is 13.5. The molecule has 2 N–H and O–H groups in total. The number of amides is 1. The van der Waals surface area contributed by atoms with Crippen LogP contribution >= 0.6 is 11.8 Å². The van der Waals surface area contributed by atoms with Gasteiger partial charge in [-0.2, -0.15) is 5.10 Å². The average molecular weight is 382 g/mol. The topological polar surface area (TPSA) is 84.3 Å². The second-order valence-electron chi connectivity index (χ2n) is 6.03. The van der Waals surface area contributed by atoms with Crippen LogP contribution in [-0.4, -0.2) is 29.3 Å². The summed E-state index contributed by atoms with van der Waals surface area (Å²) >= 11 is 1.61. The number of nitrogens with one attached hydrogen (secondary N) is 2. The van der Waals surface area contributed by atoms with E-state index in [1.807, 2.05) is 42.5 Å². The number of rotatable bonds is 4. The molecule has 0 unspecified atom stereocenters. The number of carbonyl (C=O) groups is 1. The minimum Gasteiger partial charge on any atom is -0.454 e. The van der Waals surface area contributed by atoms with Gasteiger partial charge in [0.05, 0.1) is 12.3 Å². The lowest BCUT2D eigenvalue weighted by Gasteiger charge is -2.15. The minimum absolute atomic E-state index is 0.0849. The lowest BCUT2D eigenvalue weighted by atomic mass is 10.1. The molecule has 8 heteroatoms. The average Bonchev–Trinajstić information content (AvgIpc) is 3.15. The van der Waals surface area contributed by atoms with Gasteiger partial charge < -0.3 is 14.8 Å². The molecule has 4 rings (SSSR count). The van der Waals surface area contributed by atoms with Crippen LogP contribution < -0.4 is 20.2 Å². The van der Waals surface area contributed by atoms with Gasteiger partial charge in [0.2, 0.25) is 12.7 Å². The summed E-state index contributed by atoms with van der Waals surface area (Å²) in [5, 5.41) is 7.96. The van der Waals surface area contributed by atoms with Gasteiger partial charge in [-0.3, -0.25) is 15.2 Å². The first-order valence-corrected chi connectivity index (χ1v) is 9.42. The van der Waals surface area contributed by atoms with Gasteiger partial charge in [0.25, 0.3) is 0 Å². The van der Waals surface area contributed by atoms with Gasteiger partial charge in [-0.1, -0.05) is 30.0 Å². The number of aliphatic imine (C=N–C) groups is 1. The number of hydrogen-bond acceptors (Lipinski definition) is 6. The molecule has 7 nitrogen and oxygen atoms in total. The Morgan fingerprint density at radius 2 is 2.04 bits per heavy atom. The summed E-state index contributed by atoms with van der Waals surface area (Å²) in [5.74, 6) is 2.18. The van der Waals surface area contributed by atoms with Gasteiger partial charge in [-0.05, 0) is 35.4 Å². The molecule has 1 amide bonds. The third-order valence-corrected chi connectivity index (χ3v) is 4.92. The van der Waals surface area contributed by atoms with E-state index in [-0.39, 0.29) is 12.7 Å². The van der Waals surface area contributed by atoms with Crippen molar-refractivity contribution in [1.82, 2.24) is 5.43 Å². The Balaban J connectivity index is 1.37. The fourth-order valence-electron chi connectivity index (χ4n) is 2.70. The second-order valence-corrected chi connectivity index (χ2v) is 6.99. The van der Waals surface area contributed by atoms with E-state index in [1.54, 1.807) is 11.8 Å². The molecule has 0 bridgehead atoms. The first kappa shape index (κ1) is 17.4. The standard InChI is InChI=1S/C19H18N4O3S/c1-12(24)21-15-5-3-14(4-6-15)16-10-27-19(23-22-16)20-9-13-2-7-17-18(8-13)26-11-25-17/h2-8H,9-11H2,1H3,(H,20,23)(H,21,24). The zero-order chi connectivity index (χ0) is 18.6. The van der Waals surface area contributed by atoms with Gasteiger partial charge >= 0.3 is 0 Å². The summed E-state index contributed by atoms with van der Waals surface area (Å²) in [6.07, 6.45) is 0. The second kappa shape index (κ2) is 7.71. The maximum absolute atomic E-state index is 11.1. The highest BCUT2D eigenvalue weighted by Crippen LogP contribution is 2.32. The van der Waals surface area contributed by atoms with Crippen molar-refractivity contribution in [2.24, 2.45) is 10.1 Å². The van der Waals surface area contributed by atoms with Gasteiger partial charge in [0.1, 0.15) is 0 Å². The molecule has 138 valence electrons. The predicted octanol–water partition coefficient (Wildman–Crippen LogP) is 2.97. The number of carbonyl (C=O) groups excluding carboxylic acids is 1. The Hall–Kier alpha value is -3.00. The van der Waals surface area contributed by atoms with Crippen LogP contribution in [0.4, 0.5) is 5.69 Å². The molecule has 0 saturated carbocycles. The third-order valence-electron chi connectivity index (χ3n) is 4.01. The predicted molar refractivity (Wildman–Crippen MR) is 107 cm³/mol. The van der Waals surface area contributed by atoms with Crippen LogP contribution in [0.2, 0.25) is 0 Å². The summed E-state index contributed by atoms with van der Waals surface area (Å²) in [5.41, 5.74) is 6.79. The van der Waals surface area contributed by atoms with E-state index in [0.717, 1.165) is 44.9 Å². The van der Waals surface area contributed by atoms with Crippen molar-refractivity contribution in [2.75, 3.05) is 17.9 Å². The SMILES string of the molecule is CC(=O)Nc1ccc(C2=NNC(=NCc3ccc4c(c3)OCO4)SC2)cc1. The van der Waals surface area contributed by atoms with Crippen LogP contribution in [0.1, 0.15) is 18.1 Å². The molecule has 2 aliphatic heterocycles. The van der Waals surface area contributed by atoms with Crippen LogP contribution in [0.15, 0.2) is 52.6 Å². The van der Waals surface area contributed by atoms with Crippen LogP contribution in [-0.2, 0) is 11.3 Å². The first-order chi connectivity index (χ1) is 13.2. The summed E-state index contributed by atoms with van der Waals surface area (Å²) in [4.78, 5) is 15.7. The molecule has 27 heavy (non-hydrogen) atoms. The fraction of sp³-hybridized carbons (Fsp3) is 0.211. The number of hydrogen-bond donors (Lipinski definition) is 2. The largest absolute Gasteiger partial charge is 0.454 e. The molecule has 2 aromatic carbocycles. The summed E-state index contributed by atoms with van der Waals surface area (Å²) in [7, 11) is 0. The van der Waals surface area contributed by atoms with Crippen LogP contribution in [0.25, 0.3) is 0 Å². The van der Waals surface area contributed by atoms with Crippen molar-refractivity contribution in [2.45, 2.75) is 13.5 Å². The Bertz CT molecular complexity index is 925. The number of ether oxygens (including phenoxy) is 2. The van der Waals surface area contributed by atoms with Gasteiger partial charge in [-0.25, -0.2) is 0 Å². The third kappa shape index (κ3) is 4.22. The lowest BCUT2D eigenvalue weighted by Crippen LogP contribution is -2.25. The van der Waals surface area contributed by atoms with E-state index in [2.05, 4.69) is 20.8 Å². The van der Waals surface area contributed by atoms with Crippen molar-refractivity contribution >= 4 is 34.2 Å². The molecule has 2 aromatic rings. The maximum Gasteiger partial charge on any atom is 0.231 e. The molecule has 0 saturated heterocycles. The Kier molecular flexibility index (Phi) is 4.97. The molecule has 0 radical (unpaired) electrons. The first-order valence-electron chi connectivity index (χ1n) is 8.44. The van der Waals surface area contributed by atoms with Gasteiger partial charge in [0.15, 0.2) is 16.7 Å². The van der Waals surface area contributed by atoms with Crippen molar-refractivity contribution in [3.8, 4) is 11.5 Å². The Morgan fingerprint density at radius 1 is 1.22 bits per heavy atom. The number of thioether (sulfide) groups is 1. The number of nitrogens with zero attached hydrogens (tertiary/aromatic N) is 2. The summed E-state index contributed by atoms with van der Waals surface area (Å²) < 4.78 is 10.7. The highest BCUT2D eigenvalue weighted by molar-refractivity contribution is 8.14. The van der Waals surface area contributed by atoms with Crippen molar-refractivity contribution < 1.29 is 14.3 Å². The van der Waals surface area contributed by atoms with Crippen molar-refractivity contribution in [3.63, 3.8) is 0 Å². The molecule has 0 atom stereocenters. The smallest absolute Gasteiger partial charge is 0.231 e. The molecule has 0 spiro atoms. The Labute approximate surface area is 160 Å². The number of hydrazone groups is 1. The molecule has 0 fully saturated rings. The zero-order valence-electron chi connectivity index (χ0n) is 14.7. The number of benzene rings is 2. The van der Waals surface area contributed by atoms with Gasteiger partial charge in [0, 0.05) is 18.4 Å². The number of amidine groups is 1. The molecule has 0 aliphatic carbocycles. The van der Waals surface area contributed by atoms with Crippen LogP contribution in [0.5, 0.6) is 11.5 Å². The molecular weight excluding hydrogens is 364 g/mol. The maximum atomic E-state index is 11.1. The monoisotopic (exact) mass is 382 g/mol. The lowest BCUT2D eigenvalue weighted by molar-refractivity contribution is -0.114. The molecule has 0 aromatic heterocycles. The van der Waals surface area contributed by atoms with E-state index in [0.29, 0.717) is 6.54 Å². The molecule has 2 heterocycles. The van der Waals surface area contributed by atoms with E-state index >= 15 is 0 Å². The normalized spacial score (nSPS) is 16.6. The zero-order valence-corrected chi connectivity index (χ0v) is 15.5. The highest BCUT2D eigenvalue weighted by atomic mass is 32.2. The Morgan fingerprint density at radius 3 is 2.78 bits per heavy atom. The van der Waals surface area contributed by atoms with Gasteiger partial charge in [-0.15, -0.1) is 0 Å². The quantitative estimate of drug-likeness (QED) is 0.849. The number of fused-ring (bicyclic) bond motifs is 1. The van der Waals surface area contributed by atoms with Crippen LogP contribution in [0, 0.1) is 0 Å². The number of anilines is 1. The van der Waals surface area contributed by atoms with E-state index in [4.69, 9.17) is 9.47 Å². The van der Waals surface area contributed by atoms with E-state index in [9.17, 15) is 4.79 Å². The van der Waals surface area contributed by atoms with Crippen molar-refractivity contribution in [1.29, 1.82) is 0 Å². The van der Waals surface area contributed by atoms with Crippen LogP contribution in [0.3, 0.4) is 0 Å². The van der Waals surface area contributed by atoms with E-state index in [1.165, 1.54) is 6.92 Å². The highest BCUT2D eigenvalue weighted by Gasteiger charge is 2.15. The molecule has 2 aliphatic rings. The minimum atomic E-state index is -0.0849. The molecular formula is C19H18N4O3S. The summed E-state index contributed by atoms with van der Waals surface area (Å²) in [6.45, 7) is 2.31. The van der Waals surface area contributed by atoms with Crippen molar-refractivity contribution in [3.05, 3.63) is 53.6 Å². The van der Waals surface area contributed by atoms with E-state index < -0.39 is 0 Å². The fourth-order valence-corrected chi connectivity index (χ4v) is 3.47.